The topological polar surface area (TPSA) is 58.4 Å². The predicted molar refractivity (Wildman–Crippen MR) is 103 cm³/mol. The number of pyridine rings is 1. The van der Waals surface area contributed by atoms with Crippen molar-refractivity contribution in [3.8, 4) is 0 Å². The van der Waals surface area contributed by atoms with Gasteiger partial charge in [0, 0.05) is 18.1 Å². The molecule has 4 rings (SSSR count). The fraction of sp³-hybridized carbons (Fsp3) is 0.0476. The first-order valence-corrected chi connectivity index (χ1v) is 8.41. The number of fused-ring (bicyclic) bond motifs is 1. The minimum absolute atomic E-state index is 0.138. The van der Waals surface area contributed by atoms with Gasteiger partial charge in [-0.15, -0.1) is 0 Å². The van der Waals surface area contributed by atoms with Gasteiger partial charge in [0.2, 0.25) is 0 Å². The molecule has 26 heavy (non-hydrogen) atoms. The van der Waals surface area contributed by atoms with Crippen LogP contribution >= 0.6 is 0 Å². The monoisotopic (exact) mass is 342 g/mol. The molecule has 0 saturated heterocycles. The third-order valence-corrected chi connectivity index (χ3v) is 4.07. The highest BCUT2D eigenvalue weighted by molar-refractivity contribution is 6.00. The van der Waals surface area contributed by atoms with E-state index < -0.39 is 0 Å². The molecule has 2 aromatic carbocycles. The normalized spacial score (nSPS) is 10.6. The van der Waals surface area contributed by atoms with Gasteiger partial charge in [-0.2, -0.15) is 0 Å². The van der Waals surface area contributed by atoms with E-state index in [0.717, 1.165) is 22.7 Å². The standard InChI is InChI=1S/C21H18N4O/c26-21(22-14-17-15-25-13-7-6-12-20(25)24-17)18-10-4-5-11-19(18)23-16-8-2-1-3-9-16/h1-13,15,23H,14H2,(H,22,26). The Bertz CT molecular complexity index is 1010. The average Bonchev–Trinajstić information content (AvgIpc) is 3.10. The quantitative estimate of drug-likeness (QED) is 0.576. The second-order valence-electron chi connectivity index (χ2n) is 5.92. The first-order valence-electron chi connectivity index (χ1n) is 8.41. The number of carbonyl (C=O) groups excluding carboxylic acids is 1. The van der Waals surface area contributed by atoms with E-state index >= 15 is 0 Å². The van der Waals surface area contributed by atoms with Crippen molar-refractivity contribution in [3.05, 3.63) is 96.4 Å². The zero-order valence-corrected chi connectivity index (χ0v) is 14.1. The summed E-state index contributed by atoms with van der Waals surface area (Å²) in [4.78, 5) is 17.2. The number of anilines is 2. The summed E-state index contributed by atoms with van der Waals surface area (Å²) in [5.41, 5.74) is 3.99. The van der Waals surface area contributed by atoms with E-state index in [1.165, 1.54) is 0 Å². The maximum atomic E-state index is 12.7. The zero-order chi connectivity index (χ0) is 17.8. The molecule has 5 nitrogen and oxygen atoms in total. The Kier molecular flexibility index (Phi) is 4.35. The Balaban J connectivity index is 1.49. The minimum atomic E-state index is -0.138. The third kappa shape index (κ3) is 3.42. The molecule has 0 atom stereocenters. The van der Waals surface area contributed by atoms with Crippen LogP contribution < -0.4 is 10.6 Å². The lowest BCUT2D eigenvalue weighted by molar-refractivity contribution is 0.0951. The van der Waals surface area contributed by atoms with Crippen LogP contribution in [0.2, 0.25) is 0 Å². The molecule has 0 bridgehead atoms. The molecule has 5 heteroatoms. The number of imidazole rings is 1. The number of rotatable bonds is 5. The molecule has 0 aliphatic heterocycles. The summed E-state index contributed by atoms with van der Waals surface area (Å²) < 4.78 is 1.94. The fourth-order valence-corrected chi connectivity index (χ4v) is 2.81. The van der Waals surface area contributed by atoms with Crippen LogP contribution in [0.4, 0.5) is 11.4 Å². The Morgan fingerprint density at radius 2 is 1.69 bits per heavy atom. The van der Waals surface area contributed by atoms with Crippen LogP contribution in [0.15, 0.2) is 85.2 Å². The van der Waals surface area contributed by atoms with Gasteiger partial charge in [0.15, 0.2) is 0 Å². The van der Waals surface area contributed by atoms with Crippen LogP contribution in [0.1, 0.15) is 16.1 Å². The number of nitrogens with one attached hydrogen (secondary N) is 2. The molecule has 0 aliphatic carbocycles. The van der Waals surface area contributed by atoms with Crippen molar-refractivity contribution in [3.63, 3.8) is 0 Å². The molecule has 2 heterocycles. The number of para-hydroxylation sites is 2. The Labute approximate surface area is 151 Å². The number of carbonyl (C=O) groups is 1. The van der Waals surface area contributed by atoms with E-state index in [9.17, 15) is 4.79 Å². The number of aromatic nitrogens is 2. The van der Waals surface area contributed by atoms with Crippen LogP contribution in [0.5, 0.6) is 0 Å². The molecule has 0 radical (unpaired) electrons. The van der Waals surface area contributed by atoms with Crippen molar-refractivity contribution >= 4 is 22.9 Å². The summed E-state index contributed by atoms with van der Waals surface area (Å²) in [5, 5.41) is 6.24. The molecule has 0 unspecified atom stereocenters. The lowest BCUT2D eigenvalue weighted by atomic mass is 10.1. The lowest BCUT2D eigenvalue weighted by Gasteiger charge is -2.12. The number of benzene rings is 2. The van der Waals surface area contributed by atoms with Crippen molar-refractivity contribution in [2.24, 2.45) is 0 Å². The van der Waals surface area contributed by atoms with E-state index in [1.54, 1.807) is 0 Å². The van der Waals surface area contributed by atoms with Gasteiger partial charge in [-0.3, -0.25) is 4.79 Å². The Morgan fingerprint density at radius 3 is 2.54 bits per heavy atom. The maximum Gasteiger partial charge on any atom is 0.253 e. The lowest BCUT2D eigenvalue weighted by Crippen LogP contribution is -2.23. The zero-order valence-electron chi connectivity index (χ0n) is 14.1. The van der Waals surface area contributed by atoms with E-state index in [0.29, 0.717) is 12.1 Å². The number of hydrogen-bond acceptors (Lipinski definition) is 3. The van der Waals surface area contributed by atoms with Gasteiger partial charge in [-0.1, -0.05) is 36.4 Å². The van der Waals surface area contributed by atoms with Crippen LogP contribution in [0.25, 0.3) is 5.65 Å². The van der Waals surface area contributed by atoms with Crippen molar-refractivity contribution in [2.75, 3.05) is 5.32 Å². The van der Waals surface area contributed by atoms with Crippen molar-refractivity contribution in [1.29, 1.82) is 0 Å². The van der Waals surface area contributed by atoms with E-state index in [-0.39, 0.29) is 5.91 Å². The summed E-state index contributed by atoms with van der Waals surface area (Å²) in [6.45, 7) is 0.375. The van der Waals surface area contributed by atoms with Gasteiger partial charge in [-0.05, 0) is 36.4 Å². The SMILES string of the molecule is O=C(NCc1cn2ccccc2n1)c1ccccc1Nc1ccccc1. The predicted octanol–water partition coefficient (Wildman–Crippen LogP) is 4.01. The smallest absolute Gasteiger partial charge is 0.253 e. The van der Waals surface area contributed by atoms with Crippen molar-refractivity contribution in [2.45, 2.75) is 6.54 Å². The van der Waals surface area contributed by atoms with Crippen LogP contribution in [0, 0.1) is 0 Å². The highest BCUT2D eigenvalue weighted by Gasteiger charge is 2.11. The first-order chi connectivity index (χ1) is 12.8. The molecule has 4 aromatic rings. The number of nitrogens with zero attached hydrogens (tertiary/aromatic N) is 2. The molecule has 0 aliphatic rings. The Morgan fingerprint density at radius 1 is 0.923 bits per heavy atom. The molecule has 0 saturated carbocycles. The molecule has 0 fully saturated rings. The third-order valence-electron chi connectivity index (χ3n) is 4.07. The summed E-state index contributed by atoms with van der Waals surface area (Å²) in [6.07, 6.45) is 3.86. The average molecular weight is 342 g/mol. The summed E-state index contributed by atoms with van der Waals surface area (Å²) in [7, 11) is 0. The molecule has 1 amide bonds. The largest absolute Gasteiger partial charge is 0.355 e. The van der Waals surface area contributed by atoms with Crippen molar-refractivity contribution in [1.82, 2.24) is 14.7 Å². The van der Waals surface area contributed by atoms with Gasteiger partial charge in [0.05, 0.1) is 23.5 Å². The second kappa shape index (κ2) is 7.11. The summed E-state index contributed by atoms with van der Waals surface area (Å²) in [5.74, 6) is -0.138. The molecule has 2 aromatic heterocycles. The fourth-order valence-electron chi connectivity index (χ4n) is 2.81. The highest BCUT2D eigenvalue weighted by Crippen LogP contribution is 2.20. The number of hydrogen-bond donors (Lipinski definition) is 2. The maximum absolute atomic E-state index is 12.7. The molecule has 2 N–H and O–H groups in total. The van der Waals surface area contributed by atoms with Crippen LogP contribution in [-0.4, -0.2) is 15.3 Å². The second-order valence-corrected chi connectivity index (χ2v) is 5.92. The summed E-state index contributed by atoms with van der Waals surface area (Å²) in [6, 6.07) is 23.1. The molecular weight excluding hydrogens is 324 g/mol. The van der Waals surface area contributed by atoms with E-state index in [1.807, 2.05) is 89.6 Å². The first kappa shape index (κ1) is 15.9. The Hall–Kier alpha value is -3.60. The van der Waals surface area contributed by atoms with Crippen LogP contribution in [0.3, 0.4) is 0 Å². The van der Waals surface area contributed by atoms with Gasteiger partial charge >= 0.3 is 0 Å². The highest BCUT2D eigenvalue weighted by atomic mass is 16.1. The van der Waals surface area contributed by atoms with E-state index in [2.05, 4.69) is 15.6 Å². The van der Waals surface area contributed by atoms with E-state index in [4.69, 9.17) is 0 Å². The molecule has 128 valence electrons. The van der Waals surface area contributed by atoms with Gasteiger partial charge in [0.1, 0.15) is 5.65 Å². The van der Waals surface area contributed by atoms with Gasteiger partial charge < -0.3 is 15.0 Å². The molecular formula is C21H18N4O. The summed E-state index contributed by atoms with van der Waals surface area (Å²) >= 11 is 0. The minimum Gasteiger partial charge on any atom is -0.355 e. The van der Waals surface area contributed by atoms with Gasteiger partial charge in [0.25, 0.3) is 5.91 Å². The number of amides is 1. The van der Waals surface area contributed by atoms with Crippen molar-refractivity contribution < 1.29 is 4.79 Å². The molecule has 0 spiro atoms. The van der Waals surface area contributed by atoms with Crippen LogP contribution in [-0.2, 0) is 6.54 Å². The van der Waals surface area contributed by atoms with Gasteiger partial charge in [-0.25, -0.2) is 4.98 Å².